The molecular weight excluding hydrogens is 1210 g/mol. The Morgan fingerprint density at radius 3 is 0.685 bits per heavy atom. The van der Waals surface area contributed by atoms with Gasteiger partial charge in [0.05, 0.1) is 0 Å². The zero-order valence-electron chi connectivity index (χ0n) is 55.1. The molecule has 0 nitrogen and oxygen atoms in total. The predicted octanol–water partition coefficient (Wildman–Crippen LogP) is 17.4. The summed E-state index contributed by atoms with van der Waals surface area (Å²) < 4.78 is 3.75. The van der Waals surface area contributed by atoms with Crippen molar-refractivity contribution in [2.24, 2.45) is 0 Å². The van der Waals surface area contributed by atoms with E-state index in [1.807, 2.05) is 0 Å². The Bertz CT molecular complexity index is 2110. The minimum atomic E-state index is -1.46. The van der Waals surface area contributed by atoms with E-state index in [4.69, 9.17) is 0 Å². The molecule has 412 valence electrons. The molecule has 0 aliphatic heterocycles. The fourth-order valence-electron chi connectivity index (χ4n) is 13.3. The van der Waals surface area contributed by atoms with Crippen LogP contribution < -0.4 is 12.6 Å². The Balaban J connectivity index is 0.000000500. The van der Waals surface area contributed by atoms with Crippen LogP contribution in [0.2, 0.25) is 118 Å². The van der Waals surface area contributed by atoms with Gasteiger partial charge in [-0.2, -0.15) is 0 Å². The standard InChI is InChI=1S/C27H59BSe2Si6.2C18H29.Sn/c1-31(2,3)25(32(4,5)6)21-19-22(26(33(7,8)9)34(10,11)12)24(28(29)30)23(20-21)27(35(13,14)15)36(16,17)18;2*1-16(2,3)13-10-14(17(4,5)6)12-15(11-13)18(7,8)9;/h19-20,25-27H,1-18H3;2*10-11H,1-9H3;. The van der Waals surface area contributed by atoms with Gasteiger partial charge >= 0.3 is 495 Å². The average molecular weight is 1330 g/mol. The molecule has 0 fully saturated rings. The molecule has 0 N–H and O–H groups in total. The molecule has 0 unspecified atom stereocenters. The van der Waals surface area contributed by atoms with Crippen LogP contribution in [0.1, 0.15) is 190 Å². The zero-order valence-corrected chi connectivity index (χ0v) is 67.4. The monoisotopic (exact) mass is 1330 g/mol. The molecule has 10 heteroatoms. The molecule has 73 heavy (non-hydrogen) atoms. The zero-order chi connectivity index (χ0) is 58.2. The number of hydrogen-bond donors (Lipinski definition) is 0. The van der Waals surface area contributed by atoms with Crippen LogP contribution in [0, 0.1) is 0 Å². The molecule has 0 atom stereocenters. The van der Waals surface area contributed by atoms with Crippen LogP contribution in [0.15, 0.2) is 36.4 Å². The average Bonchev–Trinajstić information content (AvgIpc) is 3.05. The number of hydrogen-bond acceptors (Lipinski definition) is 0. The number of benzene rings is 3. The van der Waals surface area contributed by atoms with Crippen molar-refractivity contribution in [2.75, 3.05) is 0 Å². The van der Waals surface area contributed by atoms with E-state index in [-0.39, 0.29) is 32.5 Å². The van der Waals surface area contributed by atoms with Gasteiger partial charge in [0, 0.05) is 0 Å². The van der Waals surface area contributed by atoms with Crippen LogP contribution in [0.25, 0.3) is 0 Å². The summed E-state index contributed by atoms with van der Waals surface area (Å²) in [4.78, 5) is 0. The van der Waals surface area contributed by atoms with Crippen LogP contribution in [-0.2, 0) is 32.5 Å². The molecule has 0 amide bonds. The van der Waals surface area contributed by atoms with Crippen molar-refractivity contribution < 1.29 is 0 Å². The van der Waals surface area contributed by atoms with Crippen molar-refractivity contribution in [3.8, 4) is 0 Å². The predicted molar refractivity (Wildman–Crippen MR) is 362 cm³/mol. The summed E-state index contributed by atoms with van der Waals surface area (Å²) in [6.45, 7) is 90.7. The molecule has 0 aliphatic carbocycles. The van der Waals surface area contributed by atoms with Crippen molar-refractivity contribution in [1.29, 1.82) is 0 Å². The van der Waals surface area contributed by atoms with Crippen molar-refractivity contribution in [2.45, 2.75) is 290 Å². The van der Waals surface area contributed by atoms with E-state index in [0.717, 1.165) is 15.5 Å². The van der Waals surface area contributed by atoms with Gasteiger partial charge in [0.2, 0.25) is 0 Å². The second kappa shape index (κ2) is 23.0. The van der Waals surface area contributed by atoms with Crippen LogP contribution in [0.3, 0.4) is 0 Å². The van der Waals surface area contributed by atoms with Crippen LogP contribution in [0.4, 0.5) is 0 Å². The summed E-state index contributed by atoms with van der Waals surface area (Å²) in [7, 11) is -8.67. The Morgan fingerprint density at radius 1 is 0.329 bits per heavy atom. The van der Waals surface area contributed by atoms with Gasteiger partial charge in [-0.05, 0) is 0 Å². The molecular formula is C63H117BSe2Si6Sn. The topological polar surface area (TPSA) is 0 Å². The van der Waals surface area contributed by atoms with Gasteiger partial charge in [-0.25, -0.2) is 0 Å². The molecule has 0 aliphatic rings. The van der Waals surface area contributed by atoms with Crippen molar-refractivity contribution in [3.63, 3.8) is 0 Å². The van der Waals surface area contributed by atoms with E-state index in [0.29, 0.717) is 4.34 Å². The van der Waals surface area contributed by atoms with Crippen molar-refractivity contribution >= 4 is 118 Å². The van der Waals surface area contributed by atoms with E-state index >= 15 is 0 Å². The van der Waals surface area contributed by atoms with Crippen molar-refractivity contribution in [3.05, 3.63) is 86.5 Å². The van der Waals surface area contributed by atoms with Gasteiger partial charge in [0.15, 0.2) is 0 Å². The summed E-state index contributed by atoms with van der Waals surface area (Å²) >= 11 is 5.99. The number of rotatable bonds is 12. The van der Waals surface area contributed by atoms with Gasteiger partial charge in [-0.15, -0.1) is 0 Å². The molecule has 0 heterocycles. The molecule has 4 radical (unpaired) electrons. The van der Waals surface area contributed by atoms with E-state index in [1.54, 1.807) is 51.6 Å². The molecule has 0 bridgehead atoms. The van der Waals surface area contributed by atoms with Gasteiger partial charge < -0.3 is 0 Å². The first kappa shape index (κ1) is 70.0. The molecule has 0 aromatic heterocycles. The van der Waals surface area contributed by atoms with Crippen LogP contribution >= 0.6 is 0 Å². The Labute approximate surface area is 490 Å². The van der Waals surface area contributed by atoms with E-state index in [1.165, 1.54) is 11.1 Å². The van der Waals surface area contributed by atoms with Gasteiger partial charge in [0.25, 0.3) is 0 Å². The summed E-state index contributed by atoms with van der Waals surface area (Å²) in [5.41, 5.74) is 16.9. The second-order valence-corrected chi connectivity index (χ2v) is 76.1. The Kier molecular flexibility index (Phi) is 22.1. The Morgan fingerprint density at radius 2 is 0.534 bits per heavy atom. The van der Waals surface area contributed by atoms with Crippen molar-refractivity contribution in [1.82, 2.24) is 0 Å². The summed E-state index contributed by atoms with van der Waals surface area (Å²) in [6.07, 6.45) is 0. The fourth-order valence-corrected chi connectivity index (χ4v) is 60.0. The van der Waals surface area contributed by atoms with Gasteiger partial charge in [-0.1, -0.05) is 0 Å². The SMILES string of the molecule is CC(C)(C)c1cc(C(C)(C)C)[c]([Sn][c]2c(C(C)(C)C)cc(C(C)(C)C)cc2C(C)(C)C)c(C(C)(C)C)c1.C[Si](C)(C)C(c1cc(C([Si](C)(C)C)[Si](C)(C)C)c(B([Se])[Se])c(C([Si](C)(C)C)[Si](C)(C)C)c1)[Si](C)(C)C. The van der Waals surface area contributed by atoms with Crippen LogP contribution in [0.5, 0.6) is 0 Å². The third kappa shape index (κ3) is 18.4. The van der Waals surface area contributed by atoms with Crippen LogP contribution in [-0.4, -0.2) is 106 Å². The van der Waals surface area contributed by atoms with Gasteiger partial charge in [-0.3, -0.25) is 0 Å². The first-order valence-corrected chi connectivity index (χ1v) is 54.6. The molecule has 3 aromatic carbocycles. The normalized spacial score (nSPS) is 14.6. The molecule has 0 saturated heterocycles. The maximum atomic E-state index is 3.59. The van der Waals surface area contributed by atoms with E-state index in [2.05, 4.69) is 311 Å². The summed E-state index contributed by atoms with van der Waals surface area (Å²) in [6, 6.07) is 15.9. The van der Waals surface area contributed by atoms with Gasteiger partial charge in [0.1, 0.15) is 0 Å². The third-order valence-corrected chi connectivity index (χ3v) is 48.5. The van der Waals surface area contributed by atoms with E-state index in [9.17, 15) is 0 Å². The Hall–Kier alpha value is 0.864. The fraction of sp³-hybridized carbons (Fsp3) is 0.714. The third-order valence-electron chi connectivity index (χ3n) is 15.1. The summed E-state index contributed by atoms with van der Waals surface area (Å²) in [5.74, 6) is 0. The van der Waals surface area contributed by atoms with E-state index < -0.39 is 69.6 Å². The maximum absolute atomic E-state index is 3.59. The molecule has 0 spiro atoms. The molecule has 0 saturated carbocycles. The molecule has 3 rings (SSSR count). The minimum absolute atomic E-state index is 0.104. The first-order valence-electron chi connectivity index (χ1n) is 28.3. The molecule has 3 aromatic rings. The first-order chi connectivity index (χ1) is 31.7. The second-order valence-electron chi connectivity index (χ2n) is 35.5. The summed E-state index contributed by atoms with van der Waals surface area (Å²) in [5, 5.41) is 2.30. The quantitative estimate of drug-likeness (QED) is 0.159.